The van der Waals surface area contributed by atoms with E-state index in [-0.39, 0.29) is 17.8 Å². The van der Waals surface area contributed by atoms with Crippen molar-refractivity contribution in [2.75, 3.05) is 13.7 Å². The molecule has 27 heavy (non-hydrogen) atoms. The molecule has 0 saturated heterocycles. The average Bonchev–Trinajstić information content (AvgIpc) is 2.97. The molecule has 0 radical (unpaired) electrons. The zero-order valence-electron chi connectivity index (χ0n) is 15.5. The van der Waals surface area contributed by atoms with E-state index in [2.05, 4.69) is 0 Å². The molecule has 2 aromatic carbocycles. The fourth-order valence-corrected chi connectivity index (χ4v) is 3.38. The minimum Gasteiger partial charge on any atom is -0.503 e. The van der Waals surface area contributed by atoms with E-state index in [9.17, 15) is 14.7 Å². The van der Waals surface area contributed by atoms with Gasteiger partial charge in [-0.25, -0.2) is 0 Å². The van der Waals surface area contributed by atoms with Crippen molar-refractivity contribution < 1.29 is 19.4 Å². The van der Waals surface area contributed by atoms with E-state index in [0.717, 1.165) is 16.9 Å². The maximum atomic E-state index is 12.7. The highest BCUT2D eigenvalue weighted by Crippen LogP contribution is 2.38. The van der Waals surface area contributed by atoms with Crippen molar-refractivity contribution in [2.24, 2.45) is 0 Å². The van der Waals surface area contributed by atoms with Gasteiger partial charge in [-0.05, 0) is 29.7 Å². The molecular weight excluding hydrogens is 342 g/mol. The summed E-state index contributed by atoms with van der Waals surface area (Å²) in [5.41, 5.74) is 2.06. The molecule has 1 unspecified atom stereocenters. The van der Waals surface area contributed by atoms with E-state index < -0.39 is 17.7 Å². The van der Waals surface area contributed by atoms with Gasteiger partial charge in [0.1, 0.15) is 5.75 Å². The highest BCUT2D eigenvalue weighted by Gasteiger charge is 2.42. The Morgan fingerprint density at radius 2 is 1.78 bits per heavy atom. The predicted molar refractivity (Wildman–Crippen MR) is 103 cm³/mol. The van der Waals surface area contributed by atoms with Crippen LogP contribution in [0.3, 0.4) is 0 Å². The van der Waals surface area contributed by atoms with Gasteiger partial charge in [0.15, 0.2) is 11.5 Å². The van der Waals surface area contributed by atoms with Crippen molar-refractivity contribution in [3.8, 4) is 5.75 Å². The maximum absolute atomic E-state index is 12.7. The molecular formula is C22H23NO4. The molecule has 1 heterocycles. The fourth-order valence-electron chi connectivity index (χ4n) is 3.38. The van der Waals surface area contributed by atoms with E-state index in [1.54, 1.807) is 18.9 Å². The third-order valence-corrected chi connectivity index (χ3v) is 4.84. The summed E-state index contributed by atoms with van der Waals surface area (Å²) in [6, 6.07) is 16.5. The van der Waals surface area contributed by atoms with E-state index >= 15 is 0 Å². The second kappa shape index (κ2) is 8.08. The molecule has 0 bridgehead atoms. The van der Waals surface area contributed by atoms with Gasteiger partial charge in [-0.1, -0.05) is 49.4 Å². The molecule has 1 atom stereocenters. The fraction of sp³-hybridized carbons (Fsp3) is 0.273. The molecule has 5 heteroatoms. The number of ketones is 1. The first-order chi connectivity index (χ1) is 13.1. The lowest BCUT2D eigenvalue weighted by molar-refractivity contribution is -0.129. The summed E-state index contributed by atoms with van der Waals surface area (Å²) in [6.45, 7) is 2.13. The van der Waals surface area contributed by atoms with Gasteiger partial charge in [-0.2, -0.15) is 0 Å². The second-order valence-corrected chi connectivity index (χ2v) is 6.45. The van der Waals surface area contributed by atoms with E-state index in [1.165, 1.54) is 0 Å². The Morgan fingerprint density at radius 3 is 2.37 bits per heavy atom. The van der Waals surface area contributed by atoms with Crippen molar-refractivity contribution in [1.29, 1.82) is 0 Å². The van der Waals surface area contributed by atoms with Crippen LogP contribution in [0.5, 0.6) is 5.75 Å². The van der Waals surface area contributed by atoms with Crippen LogP contribution in [-0.4, -0.2) is 35.4 Å². The highest BCUT2D eigenvalue weighted by atomic mass is 16.5. The summed E-state index contributed by atoms with van der Waals surface area (Å²) in [6.07, 6.45) is 0.849. The average molecular weight is 365 g/mol. The SMILES string of the molecule is CCC(=O)C1=C(O)C(=O)N(CCc2ccc(OC)cc2)C1c1ccccc1. The van der Waals surface area contributed by atoms with Gasteiger partial charge >= 0.3 is 0 Å². The Morgan fingerprint density at radius 1 is 1.11 bits per heavy atom. The topological polar surface area (TPSA) is 66.8 Å². The molecule has 1 aliphatic rings. The summed E-state index contributed by atoms with van der Waals surface area (Å²) >= 11 is 0. The molecule has 0 aromatic heterocycles. The van der Waals surface area contributed by atoms with Crippen LogP contribution < -0.4 is 4.74 Å². The van der Waals surface area contributed by atoms with Crippen molar-refractivity contribution >= 4 is 11.7 Å². The predicted octanol–water partition coefficient (Wildman–Crippen LogP) is 3.61. The Bertz CT molecular complexity index is 856. The summed E-state index contributed by atoms with van der Waals surface area (Å²) in [5.74, 6) is -0.352. The number of ether oxygens (including phenoxy) is 1. The van der Waals surface area contributed by atoms with Crippen LogP contribution in [0.15, 0.2) is 65.9 Å². The Hall–Kier alpha value is -3.08. The number of hydrogen-bond acceptors (Lipinski definition) is 4. The van der Waals surface area contributed by atoms with Gasteiger partial charge in [0.2, 0.25) is 0 Å². The summed E-state index contributed by atoms with van der Waals surface area (Å²) in [7, 11) is 1.61. The number of hydrogen-bond donors (Lipinski definition) is 1. The number of aliphatic hydroxyl groups excluding tert-OH is 1. The van der Waals surface area contributed by atoms with Crippen LogP contribution in [0.4, 0.5) is 0 Å². The minimum atomic E-state index is -0.551. The first-order valence-electron chi connectivity index (χ1n) is 9.02. The Kier molecular flexibility index (Phi) is 5.60. The van der Waals surface area contributed by atoms with Crippen LogP contribution in [0.25, 0.3) is 0 Å². The number of benzene rings is 2. The normalized spacial score (nSPS) is 16.7. The van der Waals surface area contributed by atoms with Gasteiger partial charge in [0, 0.05) is 13.0 Å². The molecule has 2 aromatic rings. The molecule has 0 aliphatic carbocycles. The largest absolute Gasteiger partial charge is 0.503 e. The Labute approximate surface area is 158 Å². The molecule has 1 N–H and O–H groups in total. The maximum Gasteiger partial charge on any atom is 0.290 e. The minimum absolute atomic E-state index is 0.198. The number of carbonyl (C=O) groups excluding carboxylic acids is 2. The van der Waals surface area contributed by atoms with Gasteiger partial charge in [-0.15, -0.1) is 0 Å². The van der Waals surface area contributed by atoms with Gasteiger partial charge in [-0.3, -0.25) is 9.59 Å². The number of aliphatic hydroxyl groups is 1. The number of carbonyl (C=O) groups is 2. The zero-order valence-corrected chi connectivity index (χ0v) is 15.5. The van der Waals surface area contributed by atoms with E-state index in [0.29, 0.717) is 13.0 Å². The standard InChI is InChI=1S/C22H23NO4/c1-3-18(24)19-20(16-7-5-4-6-8-16)23(22(26)21(19)25)14-13-15-9-11-17(27-2)12-10-15/h4-12,20,25H,3,13-14H2,1-2H3. The number of nitrogens with zero attached hydrogens (tertiary/aromatic N) is 1. The molecule has 0 spiro atoms. The van der Waals surface area contributed by atoms with Crippen LogP contribution >= 0.6 is 0 Å². The van der Waals surface area contributed by atoms with Gasteiger partial charge < -0.3 is 14.7 Å². The van der Waals surface area contributed by atoms with E-state index in [1.807, 2.05) is 54.6 Å². The lowest BCUT2D eigenvalue weighted by atomic mass is 9.95. The first kappa shape index (κ1) is 18.7. The molecule has 1 amide bonds. The highest BCUT2D eigenvalue weighted by molar-refractivity contribution is 6.08. The second-order valence-electron chi connectivity index (χ2n) is 6.45. The monoisotopic (exact) mass is 365 g/mol. The number of amides is 1. The third kappa shape index (κ3) is 3.72. The van der Waals surface area contributed by atoms with Crippen molar-refractivity contribution in [2.45, 2.75) is 25.8 Å². The number of rotatable bonds is 7. The summed E-state index contributed by atoms with van der Waals surface area (Å²) < 4.78 is 5.16. The molecule has 140 valence electrons. The first-order valence-corrected chi connectivity index (χ1v) is 9.02. The lowest BCUT2D eigenvalue weighted by Gasteiger charge is -2.27. The molecule has 3 rings (SSSR count). The summed E-state index contributed by atoms with van der Waals surface area (Å²) in [5, 5.41) is 10.4. The zero-order chi connectivity index (χ0) is 19.4. The van der Waals surface area contributed by atoms with Crippen molar-refractivity contribution in [3.05, 3.63) is 77.1 Å². The van der Waals surface area contributed by atoms with Gasteiger partial charge in [0.05, 0.1) is 18.7 Å². The van der Waals surface area contributed by atoms with Gasteiger partial charge in [0.25, 0.3) is 5.91 Å². The van der Waals surface area contributed by atoms with Crippen LogP contribution in [0.2, 0.25) is 0 Å². The smallest absolute Gasteiger partial charge is 0.290 e. The molecule has 1 aliphatic heterocycles. The van der Waals surface area contributed by atoms with E-state index in [4.69, 9.17) is 4.74 Å². The van der Waals surface area contributed by atoms with Crippen LogP contribution in [-0.2, 0) is 16.0 Å². The summed E-state index contributed by atoms with van der Waals surface area (Å²) in [4.78, 5) is 26.7. The molecule has 0 fully saturated rings. The van der Waals surface area contributed by atoms with Crippen LogP contribution in [0, 0.1) is 0 Å². The molecule has 5 nitrogen and oxygen atoms in total. The Balaban J connectivity index is 1.88. The molecule has 0 saturated carbocycles. The third-order valence-electron chi connectivity index (χ3n) is 4.84. The van der Waals surface area contributed by atoms with Crippen molar-refractivity contribution in [1.82, 2.24) is 4.90 Å². The van der Waals surface area contributed by atoms with Crippen molar-refractivity contribution in [3.63, 3.8) is 0 Å². The number of methoxy groups -OCH3 is 1. The lowest BCUT2D eigenvalue weighted by Crippen LogP contribution is -2.33. The van der Waals surface area contributed by atoms with Crippen LogP contribution in [0.1, 0.15) is 30.5 Å². The quantitative estimate of drug-likeness (QED) is 0.814. The number of Topliss-reactive ketones (excluding diaryl/α,β-unsaturated/α-hetero) is 1.